The van der Waals surface area contributed by atoms with Crippen molar-refractivity contribution in [2.45, 2.75) is 12.8 Å². The van der Waals surface area contributed by atoms with Crippen LogP contribution in [0.3, 0.4) is 0 Å². The number of amides is 1. The molecular weight excluding hydrogens is 390 g/mol. The van der Waals surface area contributed by atoms with Gasteiger partial charge in [-0.25, -0.2) is 4.98 Å². The van der Waals surface area contributed by atoms with Crippen molar-refractivity contribution in [3.8, 4) is 17.5 Å². The predicted octanol–water partition coefficient (Wildman–Crippen LogP) is 4.14. The second-order valence-corrected chi connectivity index (χ2v) is 7.54. The number of nitriles is 1. The quantitative estimate of drug-likeness (QED) is 0.638. The normalized spacial score (nSPS) is 14.3. The maximum absolute atomic E-state index is 13.1. The van der Waals surface area contributed by atoms with Gasteiger partial charge in [0.1, 0.15) is 10.6 Å². The summed E-state index contributed by atoms with van der Waals surface area (Å²) in [7, 11) is 0. The van der Waals surface area contributed by atoms with Gasteiger partial charge < -0.3 is 9.15 Å². The van der Waals surface area contributed by atoms with Gasteiger partial charge in [0.2, 0.25) is 0 Å². The third kappa shape index (κ3) is 3.97. The van der Waals surface area contributed by atoms with Crippen molar-refractivity contribution in [1.29, 1.82) is 5.26 Å². The third-order valence-electron chi connectivity index (χ3n) is 4.71. The molecule has 2 aromatic heterocycles. The van der Waals surface area contributed by atoms with Crippen LogP contribution in [0.1, 0.15) is 38.4 Å². The van der Waals surface area contributed by atoms with Crippen molar-refractivity contribution < 1.29 is 18.7 Å². The second-order valence-electron chi connectivity index (χ2n) is 6.54. The van der Waals surface area contributed by atoms with Crippen molar-refractivity contribution in [1.82, 2.24) is 4.98 Å². The van der Waals surface area contributed by atoms with E-state index in [1.54, 1.807) is 36.4 Å². The van der Waals surface area contributed by atoms with Gasteiger partial charge in [-0.1, -0.05) is 23.5 Å². The van der Waals surface area contributed by atoms with E-state index in [1.807, 2.05) is 6.07 Å². The van der Waals surface area contributed by atoms with Crippen LogP contribution in [-0.4, -0.2) is 29.9 Å². The zero-order chi connectivity index (χ0) is 20.2. The number of carbonyl (C=O) groups is 2. The lowest BCUT2D eigenvalue weighted by atomic mass is 9.94. The second kappa shape index (κ2) is 8.39. The Morgan fingerprint density at radius 2 is 1.97 bits per heavy atom. The van der Waals surface area contributed by atoms with E-state index in [1.165, 1.54) is 6.26 Å². The maximum atomic E-state index is 13.1. The minimum absolute atomic E-state index is 0.0184. The lowest BCUT2D eigenvalue weighted by molar-refractivity contribution is 0.0547. The molecule has 0 atom stereocenters. The molecule has 1 N–H and O–H groups in total. The van der Waals surface area contributed by atoms with Crippen LogP contribution in [0.15, 0.2) is 47.1 Å². The summed E-state index contributed by atoms with van der Waals surface area (Å²) in [5.74, 6) is -0.141. The molecule has 3 heterocycles. The van der Waals surface area contributed by atoms with Gasteiger partial charge in [0.15, 0.2) is 16.7 Å². The fourth-order valence-electron chi connectivity index (χ4n) is 3.21. The topological polar surface area (TPSA) is 105 Å². The molecule has 1 aliphatic rings. The molecule has 0 saturated carbocycles. The smallest absolute Gasteiger partial charge is 0.258 e. The van der Waals surface area contributed by atoms with Crippen molar-refractivity contribution in [3.63, 3.8) is 0 Å². The first-order chi connectivity index (χ1) is 14.2. The minimum atomic E-state index is -0.452. The van der Waals surface area contributed by atoms with Gasteiger partial charge in [-0.05, 0) is 37.1 Å². The number of anilines is 1. The number of benzene rings is 1. The fourth-order valence-corrected chi connectivity index (χ4v) is 4.19. The van der Waals surface area contributed by atoms with Crippen molar-refractivity contribution in [2.24, 2.45) is 5.92 Å². The molecule has 1 aromatic carbocycles. The largest absolute Gasteiger partial charge is 0.463 e. The number of hydrogen-bond donors (Lipinski definition) is 1. The molecule has 0 unspecified atom stereocenters. The number of nitrogens with one attached hydrogen (secondary N) is 1. The number of thiazole rings is 1. The van der Waals surface area contributed by atoms with Crippen LogP contribution in [0, 0.1) is 17.2 Å². The Kier molecular flexibility index (Phi) is 5.51. The zero-order valence-electron chi connectivity index (χ0n) is 15.4. The number of hydrogen-bond acceptors (Lipinski definition) is 7. The van der Waals surface area contributed by atoms with Gasteiger partial charge in [0, 0.05) is 19.1 Å². The van der Waals surface area contributed by atoms with E-state index >= 15 is 0 Å². The average Bonchev–Trinajstić information content (AvgIpc) is 3.43. The Labute approximate surface area is 170 Å². The van der Waals surface area contributed by atoms with E-state index < -0.39 is 5.91 Å². The molecule has 29 heavy (non-hydrogen) atoms. The number of rotatable bonds is 5. The first-order valence-electron chi connectivity index (χ1n) is 9.14. The van der Waals surface area contributed by atoms with Crippen LogP contribution < -0.4 is 5.32 Å². The first kappa shape index (κ1) is 19.1. The SMILES string of the molecule is N#Cc1ccccc1C(=O)Nc1nc(-c2ccco2)c(C(=O)C2CCOCC2)s1. The molecule has 0 bridgehead atoms. The highest BCUT2D eigenvalue weighted by Gasteiger charge is 2.29. The van der Waals surface area contributed by atoms with Crippen molar-refractivity contribution in [2.75, 3.05) is 18.5 Å². The van der Waals surface area contributed by atoms with E-state index in [2.05, 4.69) is 10.3 Å². The maximum Gasteiger partial charge on any atom is 0.258 e. The number of nitrogens with zero attached hydrogens (tertiary/aromatic N) is 2. The van der Waals surface area contributed by atoms with E-state index in [-0.39, 0.29) is 28.0 Å². The van der Waals surface area contributed by atoms with Gasteiger partial charge >= 0.3 is 0 Å². The average molecular weight is 407 g/mol. The lowest BCUT2D eigenvalue weighted by Gasteiger charge is -2.20. The molecule has 7 nitrogen and oxygen atoms in total. The monoisotopic (exact) mass is 407 g/mol. The van der Waals surface area contributed by atoms with Gasteiger partial charge in [-0.2, -0.15) is 5.26 Å². The van der Waals surface area contributed by atoms with Gasteiger partial charge in [-0.15, -0.1) is 0 Å². The van der Waals surface area contributed by atoms with E-state index in [0.717, 1.165) is 11.3 Å². The Balaban J connectivity index is 1.65. The van der Waals surface area contributed by atoms with Gasteiger partial charge in [0.05, 0.1) is 23.5 Å². The van der Waals surface area contributed by atoms with E-state index in [0.29, 0.717) is 42.4 Å². The summed E-state index contributed by atoms with van der Waals surface area (Å²) in [6.07, 6.45) is 2.83. The standard InChI is InChI=1S/C21H17N3O4S/c22-12-14-4-1-2-5-15(14)20(26)24-21-23-17(16-6-3-9-28-16)19(29-21)18(25)13-7-10-27-11-8-13/h1-6,9,13H,7-8,10-11H2,(H,23,24,26). The Bertz CT molecular complexity index is 1080. The van der Waals surface area contributed by atoms with Crippen LogP contribution in [0.4, 0.5) is 5.13 Å². The predicted molar refractivity (Wildman–Crippen MR) is 107 cm³/mol. The molecule has 1 fully saturated rings. The number of Topliss-reactive ketones (excluding diaryl/α,β-unsaturated/α-hetero) is 1. The summed E-state index contributed by atoms with van der Waals surface area (Å²) in [5.41, 5.74) is 0.939. The van der Waals surface area contributed by atoms with Crippen molar-refractivity contribution in [3.05, 3.63) is 58.7 Å². The molecular formula is C21H17N3O4S. The van der Waals surface area contributed by atoms with Gasteiger partial charge in [-0.3, -0.25) is 14.9 Å². The molecule has 0 aliphatic carbocycles. The number of furan rings is 1. The molecule has 0 spiro atoms. The molecule has 1 aliphatic heterocycles. The Morgan fingerprint density at radius 1 is 1.17 bits per heavy atom. The number of ketones is 1. The summed E-state index contributed by atoms with van der Waals surface area (Å²) in [6, 6.07) is 12.0. The fraction of sp³-hybridized carbons (Fsp3) is 0.238. The van der Waals surface area contributed by atoms with Crippen LogP contribution >= 0.6 is 11.3 Å². The first-order valence-corrected chi connectivity index (χ1v) is 9.96. The third-order valence-corrected chi connectivity index (χ3v) is 5.70. The minimum Gasteiger partial charge on any atom is -0.463 e. The molecule has 146 valence electrons. The Morgan fingerprint density at radius 3 is 2.69 bits per heavy atom. The number of carbonyl (C=O) groups excluding carboxylic acids is 2. The molecule has 8 heteroatoms. The van der Waals surface area contributed by atoms with Crippen LogP contribution in [0.5, 0.6) is 0 Å². The van der Waals surface area contributed by atoms with E-state index in [9.17, 15) is 14.9 Å². The highest BCUT2D eigenvalue weighted by Crippen LogP contribution is 2.35. The Hall–Kier alpha value is -3.28. The summed E-state index contributed by atoms with van der Waals surface area (Å²) in [4.78, 5) is 30.7. The van der Waals surface area contributed by atoms with Crippen LogP contribution in [-0.2, 0) is 4.74 Å². The summed E-state index contributed by atoms with van der Waals surface area (Å²) >= 11 is 1.12. The number of aromatic nitrogens is 1. The van der Waals surface area contributed by atoms with Crippen LogP contribution in [0.2, 0.25) is 0 Å². The summed E-state index contributed by atoms with van der Waals surface area (Å²) in [6.45, 7) is 1.11. The molecule has 1 amide bonds. The van der Waals surface area contributed by atoms with E-state index in [4.69, 9.17) is 9.15 Å². The lowest BCUT2D eigenvalue weighted by Crippen LogP contribution is -2.23. The molecule has 0 radical (unpaired) electrons. The zero-order valence-corrected chi connectivity index (χ0v) is 16.2. The van der Waals surface area contributed by atoms with Gasteiger partial charge in [0.25, 0.3) is 5.91 Å². The highest BCUT2D eigenvalue weighted by atomic mass is 32.1. The molecule has 3 aromatic rings. The number of ether oxygens (including phenoxy) is 1. The van der Waals surface area contributed by atoms with Crippen molar-refractivity contribution >= 4 is 28.2 Å². The molecule has 4 rings (SSSR count). The molecule has 1 saturated heterocycles. The highest BCUT2D eigenvalue weighted by molar-refractivity contribution is 7.18. The van der Waals surface area contributed by atoms with Crippen LogP contribution in [0.25, 0.3) is 11.5 Å². The summed E-state index contributed by atoms with van der Waals surface area (Å²) in [5, 5.41) is 12.2. The summed E-state index contributed by atoms with van der Waals surface area (Å²) < 4.78 is 10.8.